The van der Waals surface area contributed by atoms with Crippen LogP contribution in [0.2, 0.25) is 0 Å². The molecule has 0 aliphatic carbocycles. The summed E-state index contributed by atoms with van der Waals surface area (Å²) >= 11 is 6.28. The Labute approximate surface area is 192 Å². The van der Waals surface area contributed by atoms with Gasteiger partial charge in [-0.1, -0.05) is 30.3 Å². The van der Waals surface area contributed by atoms with Gasteiger partial charge in [0, 0.05) is 11.1 Å². The van der Waals surface area contributed by atoms with E-state index >= 15 is 0 Å². The van der Waals surface area contributed by atoms with Crippen molar-refractivity contribution in [3.05, 3.63) is 51.6 Å². The van der Waals surface area contributed by atoms with Crippen molar-refractivity contribution in [3.8, 4) is 10.4 Å². The summed E-state index contributed by atoms with van der Waals surface area (Å²) in [6.45, 7) is 0. The van der Waals surface area contributed by atoms with E-state index in [4.69, 9.17) is 12.6 Å². The summed E-state index contributed by atoms with van der Waals surface area (Å²) in [5.74, 6) is 0. The van der Waals surface area contributed by atoms with Crippen molar-refractivity contribution in [3.63, 3.8) is 0 Å². The van der Waals surface area contributed by atoms with Gasteiger partial charge in [0.15, 0.2) is 0 Å². The number of benzene rings is 1. The van der Waals surface area contributed by atoms with Crippen LogP contribution in [0.1, 0.15) is 0 Å². The first-order chi connectivity index (χ1) is 10.3. The van der Waals surface area contributed by atoms with Crippen LogP contribution in [0.25, 0.3) is 25.5 Å². The second-order valence-electron chi connectivity index (χ2n) is 4.52. The predicted molar refractivity (Wildman–Crippen MR) is 88.5 cm³/mol. The van der Waals surface area contributed by atoms with E-state index in [1.165, 1.54) is 11.3 Å². The summed E-state index contributed by atoms with van der Waals surface area (Å²) in [4.78, 5) is 21.1. The van der Waals surface area contributed by atoms with Crippen LogP contribution in [0.4, 0.5) is 0 Å². The first-order valence-electron chi connectivity index (χ1n) is 6.07. The zero-order valence-corrected chi connectivity index (χ0v) is 19.7. The molecule has 0 atom stereocenters. The molecular formula is C13H9N3Na2O3S3. The summed E-state index contributed by atoms with van der Waals surface area (Å²) in [5, 5.41) is 0.120. The molecule has 0 bridgehead atoms. The minimum atomic E-state index is -3.75. The Hall–Kier alpha value is 0.0300. The van der Waals surface area contributed by atoms with E-state index in [0.717, 1.165) is 16.7 Å². The van der Waals surface area contributed by atoms with Gasteiger partial charge in [-0.2, -0.15) is 0 Å². The fourth-order valence-corrected chi connectivity index (χ4v) is 3.72. The molecule has 2 heterocycles. The van der Waals surface area contributed by atoms with Crippen LogP contribution in [0.3, 0.4) is 0 Å². The monoisotopic (exact) mass is 397 g/mol. The molecule has 0 spiro atoms. The zero-order valence-electron chi connectivity index (χ0n) is 13.3. The maximum atomic E-state index is 12.4. The molecule has 114 valence electrons. The molecule has 0 saturated carbocycles. The van der Waals surface area contributed by atoms with Crippen LogP contribution in [0.5, 0.6) is 0 Å². The molecule has 3 rings (SSSR count). The maximum Gasteiger partial charge on any atom is 1.00 e. The Kier molecular flexibility index (Phi) is 7.92. The van der Waals surface area contributed by atoms with Gasteiger partial charge in [-0.05, 0) is 16.8 Å². The number of thiophene rings is 1. The number of rotatable bonds is 3. The molecule has 0 unspecified atom stereocenters. The molecule has 0 aliphatic rings. The topological polar surface area (TPSA) is 83.1 Å². The molecule has 3 aromatic rings. The largest absolute Gasteiger partial charge is 1.00 e. The van der Waals surface area contributed by atoms with E-state index in [0.29, 0.717) is 14.9 Å². The van der Waals surface area contributed by atoms with Gasteiger partial charge in [0.2, 0.25) is 5.56 Å². The molecule has 0 radical (unpaired) electrons. The van der Waals surface area contributed by atoms with Gasteiger partial charge in [0.1, 0.15) is 14.9 Å². The number of fused-ring (bicyclic) bond motifs is 1. The minimum absolute atomic E-state index is 0. The van der Waals surface area contributed by atoms with Crippen LogP contribution in [-0.2, 0) is 22.7 Å². The number of hydrogen-bond acceptors (Lipinski definition) is 6. The smallest absolute Gasteiger partial charge is 0.743 e. The van der Waals surface area contributed by atoms with E-state index in [2.05, 4.69) is 9.82 Å². The second-order valence-corrected chi connectivity index (χ2v) is 7.55. The van der Waals surface area contributed by atoms with Crippen LogP contribution in [-0.4, -0.2) is 24.3 Å². The summed E-state index contributed by atoms with van der Waals surface area (Å²) in [5.41, 5.74) is 0.362. The molecule has 2 aromatic heterocycles. The van der Waals surface area contributed by atoms with E-state index in [1.807, 2.05) is 30.3 Å². The minimum Gasteiger partial charge on any atom is -0.743 e. The third-order valence-corrected chi connectivity index (χ3v) is 4.60. The van der Waals surface area contributed by atoms with Crippen molar-refractivity contribution in [2.75, 3.05) is 6.26 Å². The molecule has 0 fully saturated rings. The Morgan fingerprint density at radius 1 is 1.21 bits per heavy atom. The summed E-state index contributed by atoms with van der Waals surface area (Å²) in [7, 11) is -3.75. The van der Waals surface area contributed by atoms with Gasteiger partial charge in [-0.3, -0.25) is 4.79 Å². The number of aromatic nitrogens is 2. The molecular weight excluding hydrogens is 388 g/mol. The van der Waals surface area contributed by atoms with Crippen molar-refractivity contribution in [2.24, 2.45) is 0 Å². The van der Waals surface area contributed by atoms with Gasteiger partial charge in [0.05, 0.1) is 5.39 Å². The Bertz CT molecular complexity index is 1020. The van der Waals surface area contributed by atoms with Gasteiger partial charge in [-0.25, -0.2) is 13.4 Å². The van der Waals surface area contributed by atoms with Crippen LogP contribution in [0.15, 0.2) is 46.3 Å². The van der Waals surface area contributed by atoms with Gasteiger partial charge < -0.3 is 22.1 Å². The molecule has 6 nitrogen and oxygen atoms in total. The molecule has 0 amide bonds. The third kappa shape index (κ3) is 4.80. The van der Waals surface area contributed by atoms with Crippen molar-refractivity contribution in [1.29, 1.82) is 0 Å². The summed E-state index contributed by atoms with van der Waals surface area (Å²) in [6, 6.07) is 11.2. The van der Waals surface area contributed by atoms with E-state index < -0.39 is 15.6 Å². The Morgan fingerprint density at radius 2 is 1.83 bits per heavy atom. The average molecular weight is 397 g/mol. The fourth-order valence-electron chi connectivity index (χ4n) is 1.92. The first kappa shape index (κ1) is 22.1. The summed E-state index contributed by atoms with van der Waals surface area (Å²) < 4.78 is 23.2. The number of hydrogen-bond donors (Lipinski definition) is 0. The molecule has 0 aliphatic heterocycles. The van der Waals surface area contributed by atoms with Crippen LogP contribution >= 0.6 is 11.3 Å². The van der Waals surface area contributed by atoms with Gasteiger partial charge >= 0.3 is 59.1 Å². The quantitative estimate of drug-likeness (QED) is 0.257. The maximum absolute atomic E-state index is 12.4. The van der Waals surface area contributed by atoms with Crippen molar-refractivity contribution in [1.82, 2.24) is 9.66 Å². The Morgan fingerprint density at radius 3 is 2.42 bits per heavy atom. The van der Waals surface area contributed by atoms with Crippen LogP contribution in [0, 0.1) is 0 Å². The average Bonchev–Trinajstić information content (AvgIpc) is 2.87. The summed E-state index contributed by atoms with van der Waals surface area (Å²) in [6.07, 6.45) is 0.890. The Balaban J connectivity index is 0.00000144. The van der Waals surface area contributed by atoms with E-state index in [1.54, 1.807) is 6.07 Å². The molecule has 1 aromatic carbocycles. The van der Waals surface area contributed by atoms with Crippen molar-refractivity contribution >= 4 is 44.2 Å². The van der Waals surface area contributed by atoms with Crippen LogP contribution < -0.4 is 64.7 Å². The molecule has 11 heteroatoms. The fraction of sp³-hybridized carbons (Fsp3) is 0.0769. The molecule has 0 N–H and O–H groups in total. The van der Waals surface area contributed by atoms with Crippen molar-refractivity contribution < 1.29 is 67.5 Å². The number of nitrogens with zero attached hydrogens (tertiary/aromatic N) is 3. The zero-order chi connectivity index (χ0) is 15.9. The van der Waals surface area contributed by atoms with Crippen molar-refractivity contribution in [2.45, 2.75) is 5.16 Å². The van der Waals surface area contributed by atoms with E-state index in [9.17, 15) is 13.2 Å². The first-order valence-corrected chi connectivity index (χ1v) is 9.15. The third-order valence-electron chi connectivity index (χ3n) is 2.80. The second kappa shape index (κ2) is 8.61. The predicted octanol–water partition coefficient (Wildman–Crippen LogP) is -3.86. The van der Waals surface area contributed by atoms with E-state index in [-0.39, 0.29) is 64.3 Å². The molecule has 0 saturated heterocycles. The van der Waals surface area contributed by atoms with Gasteiger partial charge in [-0.15, -0.1) is 11.3 Å². The number of sulfonamides is 1. The van der Waals surface area contributed by atoms with Gasteiger partial charge in [0.25, 0.3) is 0 Å². The standard InChI is InChI=1S/C13H10N3O3S3.2Na/c1-22(18,19)15-16-12(17)9-7-10(8-5-3-2-4-6-8)21-11(9)14-13(16)20;;/h2-7H,1H3,(H,14,17,20);;/q-1;2*+1/p-1. The molecule has 24 heavy (non-hydrogen) atoms. The SMILES string of the molecule is CS(=O)(=O)[N-]n1c([S-])nc2sc(-c3ccccc3)cc2c1=O.[Na+].[Na+]. The normalized spacial score (nSPS) is 10.7.